The van der Waals surface area contributed by atoms with Crippen LogP contribution in [-0.2, 0) is 0 Å². The number of nitrogens with two attached hydrogens (primary N) is 1. The standard InChI is InChI=1S/C11H16FNO2/c1-7(6-13)9-4-8(12)5-10(14-2)11(9)15-3/h4-5,7H,6,13H2,1-3H3. The van der Waals surface area contributed by atoms with E-state index in [1.54, 1.807) is 0 Å². The van der Waals surface area contributed by atoms with Crippen molar-refractivity contribution in [3.63, 3.8) is 0 Å². The average Bonchev–Trinajstić information content (AvgIpc) is 2.26. The summed E-state index contributed by atoms with van der Waals surface area (Å²) < 4.78 is 23.5. The SMILES string of the molecule is COc1cc(F)cc(C(C)CN)c1OC. The Balaban J connectivity index is 3.28. The van der Waals surface area contributed by atoms with E-state index >= 15 is 0 Å². The van der Waals surface area contributed by atoms with Gasteiger partial charge in [0, 0.05) is 11.6 Å². The van der Waals surface area contributed by atoms with Gasteiger partial charge in [0.25, 0.3) is 0 Å². The van der Waals surface area contributed by atoms with Crippen LogP contribution in [0.4, 0.5) is 4.39 Å². The quantitative estimate of drug-likeness (QED) is 0.830. The van der Waals surface area contributed by atoms with Crippen molar-refractivity contribution in [1.29, 1.82) is 0 Å². The zero-order valence-corrected chi connectivity index (χ0v) is 9.21. The van der Waals surface area contributed by atoms with Gasteiger partial charge >= 0.3 is 0 Å². The molecule has 0 radical (unpaired) electrons. The average molecular weight is 213 g/mol. The van der Waals surface area contributed by atoms with E-state index in [1.165, 1.54) is 26.4 Å². The van der Waals surface area contributed by atoms with Gasteiger partial charge in [-0.1, -0.05) is 6.92 Å². The highest BCUT2D eigenvalue weighted by Crippen LogP contribution is 2.36. The Morgan fingerprint density at radius 1 is 1.33 bits per heavy atom. The zero-order chi connectivity index (χ0) is 11.4. The summed E-state index contributed by atoms with van der Waals surface area (Å²) in [4.78, 5) is 0. The number of hydrogen-bond acceptors (Lipinski definition) is 3. The van der Waals surface area contributed by atoms with E-state index in [0.29, 0.717) is 18.0 Å². The van der Waals surface area contributed by atoms with Crippen molar-refractivity contribution in [2.45, 2.75) is 12.8 Å². The van der Waals surface area contributed by atoms with E-state index in [9.17, 15) is 4.39 Å². The molecule has 0 amide bonds. The van der Waals surface area contributed by atoms with Crippen LogP contribution in [0.15, 0.2) is 12.1 Å². The summed E-state index contributed by atoms with van der Waals surface area (Å²) in [6.45, 7) is 2.35. The highest BCUT2D eigenvalue weighted by atomic mass is 19.1. The van der Waals surface area contributed by atoms with Crippen molar-refractivity contribution in [3.8, 4) is 11.5 Å². The van der Waals surface area contributed by atoms with Crippen LogP contribution in [-0.4, -0.2) is 20.8 Å². The van der Waals surface area contributed by atoms with Crippen molar-refractivity contribution in [1.82, 2.24) is 0 Å². The molecule has 3 nitrogen and oxygen atoms in total. The summed E-state index contributed by atoms with van der Waals surface area (Å²) in [5.41, 5.74) is 6.28. The molecule has 1 aromatic rings. The maximum absolute atomic E-state index is 13.3. The molecule has 0 aliphatic carbocycles. The third-order valence-electron chi connectivity index (χ3n) is 2.36. The maximum Gasteiger partial charge on any atom is 0.164 e. The first kappa shape index (κ1) is 11.8. The monoisotopic (exact) mass is 213 g/mol. The normalized spacial score (nSPS) is 12.3. The fourth-order valence-electron chi connectivity index (χ4n) is 1.45. The van der Waals surface area contributed by atoms with E-state index < -0.39 is 0 Å². The number of ether oxygens (including phenoxy) is 2. The summed E-state index contributed by atoms with van der Waals surface area (Å²) >= 11 is 0. The Morgan fingerprint density at radius 3 is 2.47 bits per heavy atom. The molecule has 0 spiro atoms. The Morgan fingerprint density at radius 2 is 2.00 bits per heavy atom. The molecule has 1 rings (SSSR count). The minimum absolute atomic E-state index is 0.0320. The lowest BCUT2D eigenvalue weighted by atomic mass is 9.99. The van der Waals surface area contributed by atoms with Gasteiger partial charge in [-0.05, 0) is 18.5 Å². The van der Waals surface area contributed by atoms with Gasteiger partial charge in [0.05, 0.1) is 14.2 Å². The zero-order valence-electron chi connectivity index (χ0n) is 9.21. The molecule has 15 heavy (non-hydrogen) atoms. The molecule has 0 fully saturated rings. The second-order valence-electron chi connectivity index (χ2n) is 3.37. The minimum atomic E-state index is -0.344. The highest BCUT2D eigenvalue weighted by molar-refractivity contribution is 5.48. The van der Waals surface area contributed by atoms with Gasteiger partial charge in [-0.2, -0.15) is 0 Å². The van der Waals surface area contributed by atoms with Crippen LogP contribution in [0.25, 0.3) is 0 Å². The van der Waals surface area contributed by atoms with Gasteiger partial charge in [0.15, 0.2) is 11.5 Å². The van der Waals surface area contributed by atoms with Crippen LogP contribution >= 0.6 is 0 Å². The van der Waals surface area contributed by atoms with E-state index in [0.717, 1.165) is 5.56 Å². The summed E-state index contributed by atoms with van der Waals surface area (Å²) in [6, 6.07) is 2.73. The molecule has 0 aliphatic heterocycles. The lowest BCUT2D eigenvalue weighted by molar-refractivity contribution is 0.347. The first-order valence-corrected chi connectivity index (χ1v) is 4.75. The predicted molar refractivity (Wildman–Crippen MR) is 57.0 cm³/mol. The van der Waals surface area contributed by atoms with E-state index in [4.69, 9.17) is 15.2 Å². The molecule has 2 N–H and O–H groups in total. The fourth-order valence-corrected chi connectivity index (χ4v) is 1.45. The number of hydrogen-bond donors (Lipinski definition) is 1. The van der Waals surface area contributed by atoms with E-state index in [2.05, 4.69) is 0 Å². The van der Waals surface area contributed by atoms with Crippen LogP contribution in [0.2, 0.25) is 0 Å². The molecular formula is C11H16FNO2. The largest absolute Gasteiger partial charge is 0.493 e. The number of rotatable bonds is 4. The summed E-state index contributed by atoms with van der Waals surface area (Å²) in [5, 5.41) is 0. The third-order valence-corrected chi connectivity index (χ3v) is 2.36. The van der Waals surface area contributed by atoms with Crippen LogP contribution in [0.3, 0.4) is 0 Å². The van der Waals surface area contributed by atoms with Gasteiger partial charge in [0.2, 0.25) is 0 Å². The first-order valence-electron chi connectivity index (χ1n) is 4.75. The van der Waals surface area contributed by atoms with Gasteiger partial charge in [-0.3, -0.25) is 0 Å². The third kappa shape index (κ3) is 2.39. The molecule has 0 heterocycles. The second-order valence-corrected chi connectivity index (χ2v) is 3.37. The summed E-state index contributed by atoms with van der Waals surface area (Å²) in [6.07, 6.45) is 0. The number of halogens is 1. The van der Waals surface area contributed by atoms with E-state index in [-0.39, 0.29) is 11.7 Å². The van der Waals surface area contributed by atoms with Crippen LogP contribution < -0.4 is 15.2 Å². The molecule has 1 atom stereocenters. The van der Waals surface area contributed by atoms with E-state index in [1.807, 2.05) is 6.92 Å². The molecular weight excluding hydrogens is 197 g/mol. The first-order chi connectivity index (χ1) is 7.13. The molecule has 1 aromatic carbocycles. The van der Waals surface area contributed by atoms with Crippen LogP contribution in [0.5, 0.6) is 11.5 Å². The number of methoxy groups -OCH3 is 2. The predicted octanol–water partition coefficient (Wildman–Crippen LogP) is 1.91. The fraction of sp³-hybridized carbons (Fsp3) is 0.455. The summed E-state index contributed by atoms with van der Waals surface area (Å²) in [5.74, 6) is 0.636. The lowest BCUT2D eigenvalue weighted by Crippen LogP contribution is -2.11. The molecule has 84 valence electrons. The van der Waals surface area contributed by atoms with Crippen molar-refractivity contribution >= 4 is 0 Å². The summed E-state index contributed by atoms with van der Waals surface area (Å²) in [7, 11) is 3.01. The molecule has 4 heteroatoms. The van der Waals surface area contributed by atoms with Gasteiger partial charge in [0.1, 0.15) is 5.82 Å². The highest BCUT2D eigenvalue weighted by Gasteiger charge is 2.16. The molecule has 0 saturated heterocycles. The Labute approximate surface area is 89.0 Å². The molecule has 0 aliphatic rings. The topological polar surface area (TPSA) is 44.5 Å². The van der Waals surface area contributed by atoms with Crippen molar-refractivity contribution < 1.29 is 13.9 Å². The lowest BCUT2D eigenvalue weighted by Gasteiger charge is -2.16. The van der Waals surface area contributed by atoms with Crippen molar-refractivity contribution in [2.24, 2.45) is 5.73 Å². The van der Waals surface area contributed by atoms with Crippen LogP contribution in [0.1, 0.15) is 18.4 Å². The Hall–Kier alpha value is -1.29. The maximum atomic E-state index is 13.3. The number of benzene rings is 1. The van der Waals surface area contributed by atoms with Crippen molar-refractivity contribution in [2.75, 3.05) is 20.8 Å². The molecule has 0 bridgehead atoms. The van der Waals surface area contributed by atoms with Crippen molar-refractivity contribution in [3.05, 3.63) is 23.5 Å². The second kappa shape index (κ2) is 4.98. The van der Waals surface area contributed by atoms with Gasteiger partial charge < -0.3 is 15.2 Å². The molecule has 1 unspecified atom stereocenters. The Kier molecular flexibility index (Phi) is 3.91. The minimum Gasteiger partial charge on any atom is -0.493 e. The van der Waals surface area contributed by atoms with Gasteiger partial charge in [-0.15, -0.1) is 0 Å². The smallest absolute Gasteiger partial charge is 0.164 e. The molecule has 0 aromatic heterocycles. The molecule has 0 saturated carbocycles. The van der Waals surface area contributed by atoms with Crippen LogP contribution in [0, 0.1) is 5.82 Å². The Bertz CT molecular complexity index is 342. The van der Waals surface area contributed by atoms with Gasteiger partial charge in [-0.25, -0.2) is 4.39 Å².